The molecule has 0 fully saturated rings. The van der Waals surface area contributed by atoms with Gasteiger partial charge in [-0.3, -0.25) is 4.68 Å². The first-order chi connectivity index (χ1) is 10.2. The Bertz CT molecular complexity index is 538. The molecule has 2 rings (SSSR count). The van der Waals surface area contributed by atoms with Gasteiger partial charge in [-0.1, -0.05) is 37.3 Å². The maximum atomic E-state index is 9.48. The molecule has 1 unspecified atom stereocenters. The van der Waals surface area contributed by atoms with Gasteiger partial charge in [0.1, 0.15) is 0 Å². The second-order valence-corrected chi connectivity index (χ2v) is 5.71. The van der Waals surface area contributed by atoms with Crippen LogP contribution in [-0.4, -0.2) is 33.6 Å². The highest BCUT2D eigenvalue weighted by molar-refractivity contribution is 5.61. The zero-order valence-electron chi connectivity index (χ0n) is 12.9. The largest absolute Gasteiger partial charge is 0.394 e. The number of benzene rings is 1. The summed E-state index contributed by atoms with van der Waals surface area (Å²) in [6.45, 7) is 6.03. The van der Waals surface area contributed by atoms with E-state index < -0.39 is 0 Å². The van der Waals surface area contributed by atoms with Gasteiger partial charge in [-0.15, -0.1) is 0 Å². The van der Waals surface area contributed by atoms with Gasteiger partial charge in [-0.05, 0) is 31.9 Å². The number of aryl methyl sites for hydroxylation is 1. The Hall–Kier alpha value is -1.65. The minimum Gasteiger partial charge on any atom is -0.394 e. The Kier molecular flexibility index (Phi) is 5.53. The zero-order valence-corrected chi connectivity index (χ0v) is 12.9. The average molecular weight is 287 g/mol. The van der Waals surface area contributed by atoms with Gasteiger partial charge < -0.3 is 10.4 Å². The average Bonchev–Trinajstić information content (AvgIpc) is 2.97. The molecule has 4 heteroatoms. The fourth-order valence-electron chi connectivity index (χ4n) is 2.55. The number of aromatic nitrogens is 2. The zero-order chi connectivity index (χ0) is 15.1. The lowest BCUT2D eigenvalue weighted by Crippen LogP contribution is -2.45. The third-order valence-corrected chi connectivity index (χ3v) is 3.81. The van der Waals surface area contributed by atoms with Gasteiger partial charge >= 0.3 is 0 Å². The van der Waals surface area contributed by atoms with E-state index in [1.807, 2.05) is 29.1 Å². The molecule has 0 spiro atoms. The van der Waals surface area contributed by atoms with E-state index in [0.717, 1.165) is 31.5 Å². The summed E-state index contributed by atoms with van der Waals surface area (Å²) >= 11 is 0. The molecule has 0 aliphatic rings. The number of hydrogen-bond acceptors (Lipinski definition) is 3. The normalized spacial score (nSPS) is 14.0. The van der Waals surface area contributed by atoms with Gasteiger partial charge in [0.25, 0.3) is 0 Å². The van der Waals surface area contributed by atoms with E-state index in [0.29, 0.717) is 0 Å². The summed E-state index contributed by atoms with van der Waals surface area (Å²) in [7, 11) is 0. The lowest BCUT2D eigenvalue weighted by Gasteiger charge is -2.28. The van der Waals surface area contributed by atoms with E-state index in [1.54, 1.807) is 0 Å². The van der Waals surface area contributed by atoms with Crippen LogP contribution >= 0.6 is 0 Å². The molecule has 21 heavy (non-hydrogen) atoms. The van der Waals surface area contributed by atoms with Gasteiger partial charge in [0, 0.05) is 23.8 Å². The smallest absolute Gasteiger partial charge is 0.0610 e. The van der Waals surface area contributed by atoms with Crippen LogP contribution in [0.3, 0.4) is 0 Å². The van der Waals surface area contributed by atoms with Crippen molar-refractivity contribution in [3.8, 4) is 11.1 Å². The van der Waals surface area contributed by atoms with E-state index in [2.05, 4.69) is 42.6 Å². The molecule has 0 bridgehead atoms. The van der Waals surface area contributed by atoms with Crippen molar-refractivity contribution >= 4 is 0 Å². The quantitative estimate of drug-likeness (QED) is 0.785. The van der Waals surface area contributed by atoms with Crippen molar-refractivity contribution in [3.63, 3.8) is 0 Å². The Balaban J connectivity index is 1.89. The van der Waals surface area contributed by atoms with Crippen molar-refractivity contribution < 1.29 is 5.11 Å². The molecule has 0 aliphatic heterocycles. The Morgan fingerprint density at radius 1 is 1.24 bits per heavy atom. The molecule has 1 aromatic carbocycles. The number of nitrogens with one attached hydrogen (secondary N) is 1. The third-order valence-electron chi connectivity index (χ3n) is 3.81. The van der Waals surface area contributed by atoms with Crippen LogP contribution in [0.25, 0.3) is 11.1 Å². The second kappa shape index (κ2) is 7.38. The number of aliphatic hydroxyl groups excluding tert-OH is 1. The van der Waals surface area contributed by atoms with Gasteiger partial charge in [0.05, 0.1) is 12.8 Å². The lowest BCUT2D eigenvalue weighted by atomic mass is 9.97. The predicted molar refractivity (Wildman–Crippen MR) is 86.1 cm³/mol. The first-order valence-corrected chi connectivity index (χ1v) is 7.60. The molecule has 0 radical (unpaired) electrons. The molecule has 114 valence electrons. The summed E-state index contributed by atoms with van der Waals surface area (Å²) < 4.78 is 1.98. The van der Waals surface area contributed by atoms with Gasteiger partial charge in [0.2, 0.25) is 0 Å². The first kappa shape index (κ1) is 15.7. The van der Waals surface area contributed by atoms with E-state index in [-0.39, 0.29) is 12.1 Å². The monoisotopic (exact) mass is 287 g/mol. The van der Waals surface area contributed by atoms with Crippen LogP contribution in [0.15, 0.2) is 42.7 Å². The maximum Gasteiger partial charge on any atom is 0.0610 e. The highest BCUT2D eigenvalue weighted by Crippen LogP contribution is 2.18. The second-order valence-electron chi connectivity index (χ2n) is 5.71. The van der Waals surface area contributed by atoms with Crippen LogP contribution in [0.1, 0.15) is 26.7 Å². The van der Waals surface area contributed by atoms with Gasteiger partial charge in [-0.25, -0.2) is 0 Å². The summed E-state index contributed by atoms with van der Waals surface area (Å²) in [5.74, 6) is 0. The van der Waals surface area contributed by atoms with E-state index in [4.69, 9.17) is 0 Å². The minimum absolute atomic E-state index is 0.162. The lowest BCUT2D eigenvalue weighted by molar-refractivity contribution is 0.163. The molecule has 0 aliphatic carbocycles. The number of rotatable bonds is 8. The SMILES string of the molecule is CCNC(C)(CO)CCCn1cc(-c2ccccc2)cn1. The number of hydrogen-bond donors (Lipinski definition) is 2. The first-order valence-electron chi connectivity index (χ1n) is 7.60. The Morgan fingerprint density at radius 3 is 2.67 bits per heavy atom. The maximum absolute atomic E-state index is 9.48. The number of likely N-dealkylation sites (N-methyl/N-ethyl adjacent to an activating group) is 1. The predicted octanol–water partition coefficient (Wildman–Crippen LogP) is 2.69. The summed E-state index contributed by atoms with van der Waals surface area (Å²) in [4.78, 5) is 0. The Labute approximate surface area is 126 Å². The molecule has 1 heterocycles. The molecule has 1 atom stereocenters. The summed E-state index contributed by atoms with van der Waals surface area (Å²) in [5, 5.41) is 17.2. The Morgan fingerprint density at radius 2 is 2.00 bits per heavy atom. The fraction of sp³-hybridized carbons (Fsp3) is 0.471. The van der Waals surface area contributed by atoms with Crippen LogP contribution in [0, 0.1) is 0 Å². The standard InChI is InChI=1S/C17H25N3O/c1-3-18-17(2,14-21)10-7-11-20-13-16(12-19-20)15-8-5-4-6-9-15/h4-6,8-9,12-13,18,21H,3,7,10-11,14H2,1-2H3. The van der Waals surface area contributed by atoms with Crippen molar-refractivity contribution in [1.29, 1.82) is 0 Å². The van der Waals surface area contributed by atoms with E-state index in [1.165, 1.54) is 5.56 Å². The van der Waals surface area contributed by atoms with Crippen molar-refractivity contribution in [2.24, 2.45) is 0 Å². The highest BCUT2D eigenvalue weighted by Gasteiger charge is 2.20. The molecule has 0 amide bonds. The van der Waals surface area contributed by atoms with Crippen LogP contribution in [0.4, 0.5) is 0 Å². The van der Waals surface area contributed by atoms with Crippen molar-refractivity contribution in [1.82, 2.24) is 15.1 Å². The van der Waals surface area contributed by atoms with E-state index >= 15 is 0 Å². The fourth-order valence-corrected chi connectivity index (χ4v) is 2.55. The van der Waals surface area contributed by atoms with E-state index in [9.17, 15) is 5.11 Å². The van der Waals surface area contributed by atoms with Gasteiger partial charge in [0.15, 0.2) is 0 Å². The third kappa shape index (κ3) is 4.41. The summed E-state index contributed by atoms with van der Waals surface area (Å²) in [5.41, 5.74) is 2.15. The van der Waals surface area contributed by atoms with Crippen LogP contribution in [-0.2, 0) is 6.54 Å². The topological polar surface area (TPSA) is 50.1 Å². The van der Waals surface area contributed by atoms with Crippen molar-refractivity contribution in [3.05, 3.63) is 42.7 Å². The highest BCUT2D eigenvalue weighted by atomic mass is 16.3. The molecule has 4 nitrogen and oxygen atoms in total. The van der Waals surface area contributed by atoms with Gasteiger partial charge in [-0.2, -0.15) is 5.10 Å². The molecule has 2 aromatic rings. The molecule has 2 N–H and O–H groups in total. The van der Waals surface area contributed by atoms with Crippen LogP contribution in [0.5, 0.6) is 0 Å². The van der Waals surface area contributed by atoms with Crippen molar-refractivity contribution in [2.75, 3.05) is 13.2 Å². The van der Waals surface area contributed by atoms with Crippen molar-refractivity contribution in [2.45, 2.75) is 38.8 Å². The molecule has 0 saturated carbocycles. The van der Waals surface area contributed by atoms with Crippen LogP contribution < -0.4 is 5.32 Å². The molecular formula is C17H25N3O. The molecular weight excluding hydrogens is 262 g/mol. The molecule has 0 saturated heterocycles. The van der Waals surface area contributed by atoms with Crippen LogP contribution in [0.2, 0.25) is 0 Å². The minimum atomic E-state index is -0.190. The number of aliphatic hydroxyl groups is 1. The summed E-state index contributed by atoms with van der Waals surface area (Å²) in [6, 6.07) is 10.3. The summed E-state index contributed by atoms with van der Waals surface area (Å²) in [6.07, 6.45) is 5.90. The number of nitrogens with zero attached hydrogens (tertiary/aromatic N) is 2. The molecule has 1 aromatic heterocycles.